The van der Waals surface area contributed by atoms with Crippen LogP contribution < -0.4 is 11.1 Å². The Hall–Kier alpha value is -1.10. The standard InChI is InChI=1S/C10H21N3O2/c1-5-8(11)10(15)13(4)6-7(2)9(14)12-3/h7-8H,5-6,11H2,1-4H3,(H,12,14)/t7?,8-/m1/s1. The smallest absolute Gasteiger partial charge is 0.239 e. The van der Waals surface area contributed by atoms with E-state index >= 15 is 0 Å². The van der Waals surface area contributed by atoms with Gasteiger partial charge < -0.3 is 16.0 Å². The molecule has 0 bridgehead atoms. The molecule has 0 fully saturated rings. The van der Waals surface area contributed by atoms with Gasteiger partial charge in [0.2, 0.25) is 11.8 Å². The number of amides is 2. The van der Waals surface area contributed by atoms with E-state index in [1.807, 2.05) is 6.92 Å². The Kier molecular flexibility index (Phi) is 5.93. The lowest BCUT2D eigenvalue weighted by molar-refractivity contribution is -0.133. The molecule has 5 heteroatoms. The Balaban J connectivity index is 4.18. The van der Waals surface area contributed by atoms with Crippen LogP contribution in [0.1, 0.15) is 20.3 Å². The van der Waals surface area contributed by atoms with Crippen molar-refractivity contribution in [1.82, 2.24) is 10.2 Å². The Bertz CT molecular complexity index is 231. The van der Waals surface area contributed by atoms with Crippen molar-refractivity contribution in [2.45, 2.75) is 26.3 Å². The number of hydrogen-bond donors (Lipinski definition) is 2. The molecule has 0 aliphatic heterocycles. The normalized spacial score (nSPS) is 14.2. The molecule has 0 radical (unpaired) electrons. The fourth-order valence-corrected chi connectivity index (χ4v) is 1.29. The van der Waals surface area contributed by atoms with Gasteiger partial charge in [0.05, 0.1) is 12.0 Å². The van der Waals surface area contributed by atoms with Crippen molar-refractivity contribution in [3.8, 4) is 0 Å². The third-order valence-corrected chi connectivity index (χ3v) is 2.37. The van der Waals surface area contributed by atoms with E-state index in [1.165, 1.54) is 4.90 Å². The average Bonchev–Trinajstić information content (AvgIpc) is 2.25. The van der Waals surface area contributed by atoms with Gasteiger partial charge in [-0.25, -0.2) is 0 Å². The molecule has 0 saturated carbocycles. The molecule has 3 N–H and O–H groups in total. The van der Waals surface area contributed by atoms with Gasteiger partial charge in [0.25, 0.3) is 0 Å². The van der Waals surface area contributed by atoms with Gasteiger partial charge in [-0.05, 0) is 6.42 Å². The summed E-state index contributed by atoms with van der Waals surface area (Å²) >= 11 is 0. The van der Waals surface area contributed by atoms with E-state index in [2.05, 4.69) is 5.32 Å². The van der Waals surface area contributed by atoms with E-state index in [4.69, 9.17) is 5.73 Å². The van der Waals surface area contributed by atoms with E-state index in [1.54, 1.807) is 21.0 Å². The maximum absolute atomic E-state index is 11.6. The minimum Gasteiger partial charge on any atom is -0.359 e. The molecule has 0 aliphatic carbocycles. The van der Waals surface area contributed by atoms with Crippen molar-refractivity contribution >= 4 is 11.8 Å². The zero-order valence-corrected chi connectivity index (χ0v) is 9.91. The Morgan fingerprint density at radius 3 is 2.40 bits per heavy atom. The fraction of sp³-hybridized carbons (Fsp3) is 0.800. The molecule has 88 valence electrons. The summed E-state index contributed by atoms with van der Waals surface area (Å²) in [5.41, 5.74) is 5.61. The third kappa shape index (κ3) is 4.29. The SMILES string of the molecule is CC[C@@H](N)C(=O)N(C)CC(C)C(=O)NC. The van der Waals surface area contributed by atoms with Gasteiger partial charge in [0.1, 0.15) is 0 Å². The van der Waals surface area contributed by atoms with Crippen molar-refractivity contribution in [2.75, 3.05) is 20.6 Å². The summed E-state index contributed by atoms with van der Waals surface area (Å²) in [5.74, 6) is -0.402. The second-order valence-electron chi connectivity index (χ2n) is 3.75. The van der Waals surface area contributed by atoms with Crippen molar-refractivity contribution in [3.63, 3.8) is 0 Å². The van der Waals surface area contributed by atoms with Crippen LogP contribution in [0.5, 0.6) is 0 Å². The molecule has 0 aromatic rings. The predicted molar refractivity (Wildman–Crippen MR) is 59.1 cm³/mol. The van der Waals surface area contributed by atoms with Gasteiger partial charge in [-0.1, -0.05) is 13.8 Å². The highest BCUT2D eigenvalue weighted by atomic mass is 16.2. The predicted octanol–water partition coefficient (Wildman–Crippen LogP) is -0.436. The molecule has 0 rings (SSSR count). The first-order valence-corrected chi connectivity index (χ1v) is 5.16. The summed E-state index contributed by atoms with van der Waals surface area (Å²) in [4.78, 5) is 24.3. The van der Waals surface area contributed by atoms with Crippen LogP contribution in [0.15, 0.2) is 0 Å². The van der Waals surface area contributed by atoms with Crippen LogP contribution in [0, 0.1) is 5.92 Å². The summed E-state index contributed by atoms with van der Waals surface area (Å²) in [7, 11) is 3.25. The lowest BCUT2D eigenvalue weighted by atomic mass is 10.1. The first kappa shape index (κ1) is 13.9. The molecule has 2 atom stereocenters. The minimum absolute atomic E-state index is 0.0697. The largest absolute Gasteiger partial charge is 0.359 e. The summed E-state index contributed by atoms with van der Waals surface area (Å²) in [6.07, 6.45) is 0.609. The van der Waals surface area contributed by atoms with Gasteiger partial charge in [-0.15, -0.1) is 0 Å². The van der Waals surface area contributed by atoms with Gasteiger partial charge in [-0.2, -0.15) is 0 Å². The molecule has 1 unspecified atom stereocenters. The van der Waals surface area contributed by atoms with E-state index in [0.717, 1.165) is 0 Å². The lowest BCUT2D eigenvalue weighted by Crippen LogP contribution is -2.44. The maximum atomic E-state index is 11.6. The van der Waals surface area contributed by atoms with Crippen LogP contribution in [-0.4, -0.2) is 43.4 Å². The maximum Gasteiger partial charge on any atom is 0.239 e. The second-order valence-corrected chi connectivity index (χ2v) is 3.75. The molecular formula is C10H21N3O2. The number of rotatable bonds is 5. The number of likely N-dealkylation sites (N-methyl/N-ethyl adjacent to an activating group) is 1. The van der Waals surface area contributed by atoms with Crippen LogP contribution >= 0.6 is 0 Å². The molecule has 2 amide bonds. The first-order valence-electron chi connectivity index (χ1n) is 5.16. The second kappa shape index (κ2) is 6.40. The number of carbonyl (C=O) groups is 2. The molecular weight excluding hydrogens is 194 g/mol. The molecule has 5 nitrogen and oxygen atoms in total. The zero-order chi connectivity index (χ0) is 12.0. The van der Waals surface area contributed by atoms with Gasteiger partial charge >= 0.3 is 0 Å². The van der Waals surface area contributed by atoms with Crippen molar-refractivity contribution < 1.29 is 9.59 Å². The summed E-state index contributed by atoms with van der Waals surface area (Å²) in [5, 5.41) is 2.54. The molecule has 0 spiro atoms. The third-order valence-electron chi connectivity index (χ3n) is 2.37. The highest BCUT2D eigenvalue weighted by Crippen LogP contribution is 2.01. The lowest BCUT2D eigenvalue weighted by Gasteiger charge is -2.23. The first-order chi connectivity index (χ1) is 6.93. The Morgan fingerprint density at radius 1 is 1.47 bits per heavy atom. The van der Waals surface area contributed by atoms with Crippen LogP contribution in [0.25, 0.3) is 0 Å². The fourth-order valence-electron chi connectivity index (χ4n) is 1.29. The molecule has 0 aromatic heterocycles. The number of carbonyl (C=O) groups excluding carboxylic acids is 2. The average molecular weight is 215 g/mol. The van der Waals surface area contributed by atoms with Crippen molar-refractivity contribution in [1.29, 1.82) is 0 Å². The van der Waals surface area contributed by atoms with Crippen LogP contribution in [0.3, 0.4) is 0 Å². The van der Waals surface area contributed by atoms with Crippen LogP contribution in [0.2, 0.25) is 0 Å². The Morgan fingerprint density at radius 2 is 2.00 bits per heavy atom. The molecule has 0 saturated heterocycles. The Labute approximate surface area is 91.0 Å². The van der Waals surface area contributed by atoms with Crippen LogP contribution in [0.4, 0.5) is 0 Å². The summed E-state index contributed by atoms with van der Waals surface area (Å²) in [6, 6.07) is -0.466. The topological polar surface area (TPSA) is 75.4 Å². The van der Waals surface area contributed by atoms with E-state index < -0.39 is 6.04 Å². The van der Waals surface area contributed by atoms with E-state index in [9.17, 15) is 9.59 Å². The molecule has 0 aliphatic rings. The van der Waals surface area contributed by atoms with Crippen LogP contribution in [-0.2, 0) is 9.59 Å². The monoisotopic (exact) mass is 215 g/mol. The number of nitrogens with zero attached hydrogens (tertiary/aromatic N) is 1. The minimum atomic E-state index is -0.466. The van der Waals surface area contributed by atoms with Gasteiger partial charge in [-0.3, -0.25) is 9.59 Å². The van der Waals surface area contributed by atoms with Crippen molar-refractivity contribution in [3.05, 3.63) is 0 Å². The van der Waals surface area contributed by atoms with Crippen molar-refractivity contribution in [2.24, 2.45) is 11.7 Å². The highest BCUT2D eigenvalue weighted by Gasteiger charge is 2.20. The zero-order valence-electron chi connectivity index (χ0n) is 9.91. The van der Waals surface area contributed by atoms with E-state index in [0.29, 0.717) is 13.0 Å². The van der Waals surface area contributed by atoms with Gasteiger partial charge in [0.15, 0.2) is 0 Å². The van der Waals surface area contributed by atoms with E-state index in [-0.39, 0.29) is 17.7 Å². The quantitative estimate of drug-likeness (QED) is 0.653. The summed E-state index contributed by atoms with van der Waals surface area (Å²) < 4.78 is 0. The highest BCUT2D eigenvalue weighted by molar-refractivity contribution is 5.83. The number of hydrogen-bond acceptors (Lipinski definition) is 3. The number of nitrogens with two attached hydrogens (primary N) is 1. The molecule has 0 heterocycles. The molecule has 15 heavy (non-hydrogen) atoms. The van der Waals surface area contributed by atoms with Gasteiger partial charge in [0, 0.05) is 20.6 Å². The summed E-state index contributed by atoms with van der Waals surface area (Å²) in [6.45, 7) is 4.03. The number of nitrogens with one attached hydrogen (secondary N) is 1. The molecule has 0 aromatic carbocycles.